The third kappa shape index (κ3) is 3.19. The summed E-state index contributed by atoms with van der Waals surface area (Å²) in [7, 11) is 1.49. The zero-order chi connectivity index (χ0) is 13.8. The molecule has 0 saturated heterocycles. The highest BCUT2D eigenvalue weighted by Crippen LogP contribution is 2.27. The third-order valence-electron chi connectivity index (χ3n) is 2.60. The maximum absolute atomic E-state index is 9.64. The smallest absolute Gasteiger partial charge is 0.160 e. The molecule has 0 spiro atoms. The first-order valence-corrected chi connectivity index (χ1v) is 5.66. The molecule has 0 aliphatic rings. The van der Waals surface area contributed by atoms with Gasteiger partial charge in [-0.2, -0.15) is 0 Å². The highest BCUT2D eigenvalue weighted by molar-refractivity contribution is 5.72. The predicted octanol–water partition coefficient (Wildman–Crippen LogP) is 2.98. The van der Waals surface area contributed by atoms with E-state index >= 15 is 0 Å². The molecule has 0 atom stereocenters. The third-order valence-corrected chi connectivity index (χ3v) is 2.60. The quantitative estimate of drug-likeness (QED) is 0.740. The van der Waals surface area contributed by atoms with E-state index in [-0.39, 0.29) is 17.2 Å². The topological polar surface area (TPSA) is 69.9 Å². The Bertz CT molecular complexity index is 597. The van der Waals surface area contributed by atoms with E-state index in [9.17, 15) is 15.3 Å². The van der Waals surface area contributed by atoms with Gasteiger partial charge < -0.3 is 20.1 Å². The van der Waals surface area contributed by atoms with Gasteiger partial charge in [0.1, 0.15) is 11.5 Å². The molecule has 0 amide bonds. The van der Waals surface area contributed by atoms with E-state index in [0.717, 1.165) is 5.56 Å². The summed E-state index contributed by atoms with van der Waals surface area (Å²) in [5.74, 6) is 0.463. The van der Waals surface area contributed by atoms with Gasteiger partial charge in [-0.3, -0.25) is 0 Å². The minimum absolute atomic E-state index is 0.00257. The predicted molar refractivity (Wildman–Crippen MR) is 73.4 cm³/mol. The fourth-order valence-corrected chi connectivity index (χ4v) is 1.72. The highest BCUT2D eigenvalue weighted by atomic mass is 16.5. The van der Waals surface area contributed by atoms with Crippen LogP contribution in [0.4, 0.5) is 0 Å². The molecule has 0 radical (unpaired) electrons. The van der Waals surface area contributed by atoms with Gasteiger partial charge in [0, 0.05) is 6.07 Å². The van der Waals surface area contributed by atoms with Crippen molar-refractivity contribution in [1.82, 2.24) is 0 Å². The number of ether oxygens (including phenoxy) is 1. The van der Waals surface area contributed by atoms with E-state index in [4.69, 9.17) is 4.74 Å². The highest BCUT2D eigenvalue weighted by Gasteiger charge is 2.00. The van der Waals surface area contributed by atoms with Crippen LogP contribution in [0.2, 0.25) is 0 Å². The molecule has 0 aliphatic carbocycles. The summed E-state index contributed by atoms with van der Waals surface area (Å²) < 4.78 is 4.95. The molecule has 0 aromatic heterocycles. The van der Waals surface area contributed by atoms with Crippen LogP contribution < -0.4 is 4.74 Å². The molecule has 2 aromatic rings. The number of phenolic OH excluding ortho intramolecular Hbond substituents is 3. The minimum atomic E-state index is -0.00257. The van der Waals surface area contributed by atoms with E-state index in [1.165, 1.54) is 25.3 Å². The molecule has 3 N–H and O–H groups in total. The first-order valence-electron chi connectivity index (χ1n) is 5.66. The Labute approximate surface area is 110 Å². The fourth-order valence-electron chi connectivity index (χ4n) is 1.72. The molecule has 98 valence electrons. The molecular formula is C15H14O4. The van der Waals surface area contributed by atoms with E-state index < -0.39 is 0 Å². The molecule has 0 fully saturated rings. The summed E-state index contributed by atoms with van der Waals surface area (Å²) in [6, 6.07) is 9.33. The Kier molecular flexibility index (Phi) is 3.61. The zero-order valence-corrected chi connectivity index (χ0v) is 10.4. The van der Waals surface area contributed by atoms with Crippen molar-refractivity contribution in [2.45, 2.75) is 0 Å². The van der Waals surface area contributed by atoms with Crippen LogP contribution in [0.3, 0.4) is 0 Å². The molecule has 4 nitrogen and oxygen atoms in total. The lowest BCUT2D eigenvalue weighted by molar-refractivity contribution is 0.373. The van der Waals surface area contributed by atoms with Crippen LogP contribution in [-0.2, 0) is 0 Å². The maximum Gasteiger partial charge on any atom is 0.160 e. The van der Waals surface area contributed by atoms with Gasteiger partial charge in [0.2, 0.25) is 0 Å². The lowest BCUT2D eigenvalue weighted by Gasteiger charge is -2.03. The van der Waals surface area contributed by atoms with Gasteiger partial charge in [0.15, 0.2) is 11.5 Å². The number of methoxy groups -OCH3 is 1. The Hall–Kier alpha value is -2.62. The van der Waals surface area contributed by atoms with Crippen LogP contribution >= 0.6 is 0 Å². The van der Waals surface area contributed by atoms with Crippen molar-refractivity contribution < 1.29 is 20.1 Å². The number of phenols is 3. The van der Waals surface area contributed by atoms with Crippen molar-refractivity contribution in [2.24, 2.45) is 0 Å². The van der Waals surface area contributed by atoms with E-state index in [1.54, 1.807) is 30.4 Å². The van der Waals surface area contributed by atoms with Crippen molar-refractivity contribution in [3.63, 3.8) is 0 Å². The molecule has 0 saturated carbocycles. The van der Waals surface area contributed by atoms with Gasteiger partial charge >= 0.3 is 0 Å². The Balaban J connectivity index is 2.24. The standard InChI is InChI=1S/C15H14O4/c1-19-15-5-4-10(8-14(15)18)2-3-11-6-12(16)9-13(17)7-11/h2-9,16-18H,1H3/b3-2+. The first kappa shape index (κ1) is 12.8. The van der Waals surface area contributed by atoms with Crippen molar-refractivity contribution >= 4 is 12.2 Å². The van der Waals surface area contributed by atoms with Crippen molar-refractivity contribution in [2.75, 3.05) is 7.11 Å². The lowest BCUT2D eigenvalue weighted by Crippen LogP contribution is -1.83. The number of benzene rings is 2. The summed E-state index contributed by atoms with van der Waals surface area (Å²) in [4.78, 5) is 0. The molecule has 0 bridgehead atoms. The fraction of sp³-hybridized carbons (Fsp3) is 0.0667. The maximum atomic E-state index is 9.64. The molecule has 0 unspecified atom stereocenters. The van der Waals surface area contributed by atoms with Crippen molar-refractivity contribution in [3.05, 3.63) is 47.5 Å². The van der Waals surface area contributed by atoms with E-state index in [0.29, 0.717) is 11.3 Å². The molecule has 2 rings (SSSR count). The van der Waals surface area contributed by atoms with Gasteiger partial charge in [0.05, 0.1) is 7.11 Å². The Morgan fingerprint density at radius 3 is 2.05 bits per heavy atom. The molecule has 0 aliphatic heterocycles. The molecule has 0 heterocycles. The summed E-state index contributed by atoms with van der Waals surface area (Å²) in [5, 5.41) is 28.3. The second kappa shape index (κ2) is 5.35. The number of hydrogen-bond donors (Lipinski definition) is 3. The number of rotatable bonds is 3. The van der Waals surface area contributed by atoms with Gasteiger partial charge in [-0.15, -0.1) is 0 Å². The monoisotopic (exact) mass is 258 g/mol. The molecule has 4 heteroatoms. The van der Waals surface area contributed by atoms with Gasteiger partial charge in [-0.25, -0.2) is 0 Å². The second-order valence-corrected chi connectivity index (χ2v) is 4.05. The average Bonchev–Trinajstić information content (AvgIpc) is 2.35. The summed E-state index contributed by atoms with van der Waals surface area (Å²) >= 11 is 0. The first-order chi connectivity index (χ1) is 9.08. The average molecular weight is 258 g/mol. The van der Waals surface area contributed by atoms with Gasteiger partial charge in [-0.1, -0.05) is 18.2 Å². The number of aromatic hydroxyl groups is 3. The van der Waals surface area contributed by atoms with Gasteiger partial charge in [0.25, 0.3) is 0 Å². The van der Waals surface area contributed by atoms with Crippen LogP contribution in [0.15, 0.2) is 36.4 Å². The van der Waals surface area contributed by atoms with Crippen LogP contribution in [-0.4, -0.2) is 22.4 Å². The molecule has 2 aromatic carbocycles. The Morgan fingerprint density at radius 1 is 0.842 bits per heavy atom. The summed E-state index contributed by atoms with van der Waals surface area (Å²) in [6.45, 7) is 0. The van der Waals surface area contributed by atoms with Crippen molar-refractivity contribution in [3.8, 4) is 23.0 Å². The largest absolute Gasteiger partial charge is 0.508 e. The lowest BCUT2D eigenvalue weighted by atomic mass is 10.1. The number of hydrogen-bond acceptors (Lipinski definition) is 4. The van der Waals surface area contributed by atoms with Crippen molar-refractivity contribution in [1.29, 1.82) is 0 Å². The van der Waals surface area contributed by atoms with Crippen LogP contribution in [0.1, 0.15) is 11.1 Å². The summed E-state index contributed by atoms with van der Waals surface area (Å²) in [5.41, 5.74) is 1.44. The normalized spacial score (nSPS) is 10.8. The van der Waals surface area contributed by atoms with Crippen LogP contribution in [0.25, 0.3) is 12.2 Å². The zero-order valence-electron chi connectivity index (χ0n) is 10.4. The SMILES string of the molecule is COc1ccc(/C=C/c2cc(O)cc(O)c2)cc1O. The van der Waals surface area contributed by atoms with Crippen LogP contribution in [0, 0.1) is 0 Å². The van der Waals surface area contributed by atoms with E-state index in [1.807, 2.05) is 0 Å². The molecular weight excluding hydrogens is 244 g/mol. The van der Waals surface area contributed by atoms with Crippen LogP contribution in [0.5, 0.6) is 23.0 Å². The second-order valence-electron chi connectivity index (χ2n) is 4.05. The minimum Gasteiger partial charge on any atom is -0.508 e. The summed E-state index contributed by atoms with van der Waals surface area (Å²) in [6.07, 6.45) is 3.48. The van der Waals surface area contributed by atoms with E-state index in [2.05, 4.69) is 0 Å². The van der Waals surface area contributed by atoms with Gasteiger partial charge in [-0.05, 0) is 35.4 Å². The molecule has 19 heavy (non-hydrogen) atoms. The Morgan fingerprint density at radius 2 is 1.47 bits per heavy atom.